The molecule has 3 heterocycles. The monoisotopic (exact) mass is 389 g/mol. The zero-order valence-corrected chi connectivity index (χ0v) is 14.5. The first-order chi connectivity index (χ1) is 12.9. The van der Waals surface area contributed by atoms with E-state index >= 15 is 0 Å². The third-order valence-electron chi connectivity index (χ3n) is 4.28. The van der Waals surface area contributed by atoms with Gasteiger partial charge in [-0.1, -0.05) is 0 Å². The molecule has 0 aliphatic carbocycles. The van der Waals surface area contributed by atoms with Gasteiger partial charge in [0.1, 0.15) is 11.5 Å². The summed E-state index contributed by atoms with van der Waals surface area (Å²) in [6, 6.07) is 7.33. The van der Waals surface area contributed by atoms with E-state index in [0.29, 0.717) is 12.2 Å². The standard InChI is InChI=1S/C17H12FN3O5S/c18-12-9-15-16(19-10-12)17-11(6-8-26-17)5-7-20(15)27(24,25)14-3-1-13(2-4-14)21(22)23/h1-4,6,8-10H,5,7H2. The van der Waals surface area contributed by atoms with Crippen molar-refractivity contribution in [1.29, 1.82) is 0 Å². The SMILES string of the molecule is O=[N+]([O-])c1ccc(S(=O)(=O)N2CCc3ccoc3-c3ncc(F)cc32)cc1. The van der Waals surface area contributed by atoms with E-state index in [4.69, 9.17) is 4.42 Å². The van der Waals surface area contributed by atoms with Crippen LogP contribution in [0.25, 0.3) is 11.5 Å². The molecular weight excluding hydrogens is 377 g/mol. The molecule has 4 rings (SSSR count). The van der Waals surface area contributed by atoms with Crippen LogP contribution in [0.4, 0.5) is 15.8 Å². The highest BCUT2D eigenvalue weighted by Gasteiger charge is 2.32. The largest absolute Gasteiger partial charge is 0.462 e. The molecule has 0 atom stereocenters. The number of nitro groups is 1. The van der Waals surface area contributed by atoms with Gasteiger partial charge in [-0.15, -0.1) is 0 Å². The third kappa shape index (κ3) is 2.83. The van der Waals surface area contributed by atoms with Crippen molar-refractivity contribution in [2.24, 2.45) is 0 Å². The fourth-order valence-electron chi connectivity index (χ4n) is 2.99. The van der Waals surface area contributed by atoms with Crippen molar-refractivity contribution in [2.45, 2.75) is 11.3 Å². The fraction of sp³-hybridized carbons (Fsp3) is 0.118. The summed E-state index contributed by atoms with van der Waals surface area (Å²) >= 11 is 0. The molecular formula is C17H12FN3O5S. The molecule has 0 saturated carbocycles. The lowest BCUT2D eigenvalue weighted by molar-refractivity contribution is -0.384. The van der Waals surface area contributed by atoms with Crippen LogP contribution in [0.15, 0.2) is 58.2 Å². The molecule has 1 aliphatic heterocycles. The molecule has 0 N–H and O–H groups in total. The second-order valence-corrected chi connectivity index (χ2v) is 7.74. The van der Waals surface area contributed by atoms with Crippen molar-refractivity contribution in [1.82, 2.24) is 4.98 Å². The maximum atomic E-state index is 13.8. The molecule has 0 radical (unpaired) electrons. The van der Waals surface area contributed by atoms with Gasteiger partial charge in [0, 0.05) is 30.3 Å². The van der Waals surface area contributed by atoms with E-state index < -0.39 is 20.8 Å². The van der Waals surface area contributed by atoms with E-state index in [2.05, 4.69) is 4.98 Å². The van der Waals surface area contributed by atoms with Gasteiger partial charge in [-0.05, 0) is 24.6 Å². The lowest BCUT2D eigenvalue weighted by Gasteiger charge is -2.24. The molecule has 1 aliphatic rings. The zero-order valence-electron chi connectivity index (χ0n) is 13.7. The Hall–Kier alpha value is -3.27. The van der Waals surface area contributed by atoms with Crippen molar-refractivity contribution < 1.29 is 22.1 Å². The van der Waals surface area contributed by atoms with Gasteiger partial charge in [-0.3, -0.25) is 14.4 Å². The number of anilines is 1. The number of halogens is 1. The molecule has 0 amide bonds. The number of hydrogen-bond donors (Lipinski definition) is 0. The van der Waals surface area contributed by atoms with Crippen molar-refractivity contribution in [3.8, 4) is 11.5 Å². The first kappa shape index (κ1) is 17.2. The number of rotatable bonds is 3. The Kier molecular flexibility index (Phi) is 3.92. The molecule has 27 heavy (non-hydrogen) atoms. The molecule has 2 aromatic heterocycles. The Balaban J connectivity index is 1.85. The number of nitrogens with zero attached hydrogens (tertiary/aromatic N) is 3. The molecule has 8 nitrogen and oxygen atoms in total. The van der Waals surface area contributed by atoms with Gasteiger partial charge in [0.2, 0.25) is 0 Å². The van der Waals surface area contributed by atoms with Gasteiger partial charge < -0.3 is 4.42 Å². The summed E-state index contributed by atoms with van der Waals surface area (Å²) < 4.78 is 46.6. The second kappa shape index (κ2) is 6.16. The summed E-state index contributed by atoms with van der Waals surface area (Å²) in [6.45, 7) is 0.0456. The summed E-state index contributed by atoms with van der Waals surface area (Å²) in [4.78, 5) is 14.1. The average Bonchev–Trinajstić information content (AvgIpc) is 3.04. The number of hydrogen-bond acceptors (Lipinski definition) is 6. The molecule has 0 bridgehead atoms. The number of sulfonamides is 1. The highest BCUT2D eigenvalue weighted by Crippen LogP contribution is 2.38. The number of non-ortho nitro benzene ring substituents is 1. The number of aromatic nitrogens is 1. The van der Waals surface area contributed by atoms with E-state index in [-0.39, 0.29) is 28.5 Å². The van der Waals surface area contributed by atoms with Crippen LogP contribution >= 0.6 is 0 Å². The number of furan rings is 1. The summed E-state index contributed by atoms with van der Waals surface area (Å²) in [5.41, 5.74) is 0.815. The van der Waals surface area contributed by atoms with Crippen LogP contribution in [0.3, 0.4) is 0 Å². The quantitative estimate of drug-likeness (QED) is 0.503. The Labute approximate surface area is 153 Å². The maximum Gasteiger partial charge on any atom is 0.269 e. The normalized spacial score (nSPS) is 13.6. The van der Waals surface area contributed by atoms with Crippen molar-refractivity contribution in [3.63, 3.8) is 0 Å². The van der Waals surface area contributed by atoms with Crippen molar-refractivity contribution in [3.05, 3.63) is 70.4 Å². The van der Waals surface area contributed by atoms with E-state index in [1.165, 1.54) is 6.26 Å². The summed E-state index contributed by atoms with van der Waals surface area (Å²) in [6.07, 6.45) is 2.81. The van der Waals surface area contributed by atoms with Crippen LogP contribution in [0.2, 0.25) is 0 Å². The minimum atomic E-state index is -4.09. The number of fused-ring (bicyclic) bond motifs is 3. The minimum absolute atomic E-state index is 0.0456. The van der Waals surface area contributed by atoms with E-state index in [1.807, 2.05) is 0 Å². The smallest absolute Gasteiger partial charge is 0.269 e. The van der Waals surface area contributed by atoms with Crippen LogP contribution in [0.5, 0.6) is 0 Å². The number of benzene rings is 1. The predicted octanol–water partition coefficient (Wildman–Crippen LogP) is 3.14. The Morgan fingerprint density at radius 3 is 2.67 bits per heavy atom. The Bertz CT molecular complexity index is 1140. The highest BCUT2D eigenvalue weighted by molar-refractivity contribution is 7.92. The molecule has 0 saturated heterocycles. The van der Waals surface area contributed by atoms with Gasteiger partial charge in [0.25, 0.3) is 15.7 Å². The van der Waals surface area contributed by atoms with Crippen LogP contribution < -0.4 is 4.31 Å². The van der Waals surface area contributed by atoms with E-state index in [1.54, 1.807) is 6.07 Å². The first-order valence-electron chi connectivity index (χ1n) is 7.87. The number of nitro benzene ring substituents is 1. The minimum Gasteiger partial charge on any atom is -0.462 e. The molecule has 3 aromatic rings. The topological polar surface area (TPSA) is 107 Å². The summed E-state index contributed by atoms with van der Waals surface area (Å²) in [7, 11) is -4.09. The van der Waals surface area contributed by atoms with Crippen LogP contribution in [-0.2, 0) is 16.4 Å². The maximum absolute atomic E-state index is 13.8. The van der Waals surface area contributed by atoms with Gasteiger partial charge in [-0.2, -0.15) is 0 Å². The van der Waals surface area contributed by atoms with Gasteiger partial charge in [0.05, 0.1) is 28.0 Å². The van der Waals surface area contributed by atoms with Crippen LogP contribution in [0, 0.1) is 15.9 Å². The van der Waals surface area contributed by atoms with Crippen molar-refractivity contribution in [2.75, 3.05) is 10.8 Å². The van der Waals surface area contributed by atoms with Gasteiger partial charge in [0.15, 0.2) is 5.76 Å². The van der Waals surface area contributed by atoms with Gasteiger partial charge in [-0.25, -0.2) is 17.8 Å². The highest BCUT2D eigenvalue weighted by atomic mass is 32.2. The Morgan fingerprint density at radius 1 is 1.22 bits per heavy atom. The summed E-state index contributed by atoms with van der Waals surface area (Å²) in [5.74, 6) is -0.293. The van der Waals surface area contributed by atoms with Crippen LogP contribution in [0.1, 0.15) is 5.56 Å². The van der Waals surface area contributed by atoms with E-state index in [0.717, 1.165) is 46.4 Å². The molecule has 10 heteroatoms. The lowest BCUT2D eigenvalue weighted by atomic mass is 10.1. The fourth-order valence-corrected chi connectivity index (χ4v) is 4.46. The molecule has 0 spiro atoms. The molecule has 138 valence electrons. The average molecular weight is 389 g/mol. The molecule has 0 unspecified atom stereocenters. The first-order valence-corrected chi connectivity index (χ1v) is 9.31. The van der Waals surface area contributed by atoms with Crippen molar-refractivity contribution >= 4 is 21.4 Å². The molecule has 0 fully saturated rings. The third-order valence-corrected chi connectivity index (χ3v) is 6.11. The number of pyridine rings is 1. The Morgan fingerprint density at radius 2 is 1.96 bits per heavy atom. The molecule has 1 aromatic carbocycles. The van der Waals surface area contributed by atoms with E-state index in [9.17, 15) is 22.9 Å². The summed E-state index contributed by atoms with van der Waals surface area (Å²) in [5, 5.41) is 10.8. The van der Waals surface area contributed by atoms with Gasteiger partial charge >= 0.3 is 0 Å². The zero-order chi connectivity index (χ0) is 19.2. The van der Waals surface area contributed by atoms with Crippen LogP contribution in [-0.4, -0.2) is 24.9 Å². The predicted molar refractivity (Wildman–Crippen MR) is 93.2 cm³/mol. The second-order valence-electron chi connectivity index (χ2n) is 5.87. The lowest BCUT2D eigenvalue weighted by Crippen LogP contribution is -2.32.